The minimum atomic E-state index is -4.47. The Balaban J connectivity index is 0.00000163. The van der Waals surface area contributed by atoms with E-state index >= 15 is 0 Å². The van der Waals surface area contributed by atoms with Crippen LogP contribution in [-0.4, -0.2) is 22.4 Å². The lowest BCUT2D eigenvalue weighted by Crippen LogP contribution is -2.12. The number of carboxylic acids is 1. The van der Waals surface area contributed by atoms with E-state index in [0.29, 0.717) is 24.8 Å². The highest BCUT2D eigenvalue weighted by Crippen LogP contribution is 2.38. The summed E-state index contributed by atoms with van der Waals surface area (Å²) in [7, 11) is 0. The molecule has 1 saturated carbocycles. The quantitative estimate of drug-likeness (QED) is 0.498. The number of allylic oxidation sites excluding steroid dienone is 6. The third-order valence-corrected chi connectivity index (χ3v) is 3.59. The number of alkyl halides is 3. The molecule has 0 aromatic heterocycles. The smallest absolute Gasteiger partial charge is 0.416 e. The Morgan fingerprint density at radius 1 is 1.12 bits per heavy atom. The summed E-state index contributed by atoms with van der Waals surface area (Å²) in [5.74, 6) is -1.85. The average molecular weight is 348 g/mol. The van der Waals surface area contributed by atoms with Crippen molar-refractivity contribution in [3.05, 3.63) is 35.1 Å². The van der Waals surface area contributed by atoms with Gasteiger partial charge < -0.3 is 10.2 Å². The maximum absolute atomic E-state index is 12.8. The molecule has 138 valence electrons. The first-order chi connectivity index (χ1) is 11.1. The second kappa shape index (κ2) is 10.2. The van der Waals surface area contributed by atoms with Gasteiger partial charge in [0.1, 0.15) is 0 Å². The molecule has 24 heavy (non-hydrogen) atoms. The first-order valence-corrected chi connectivity index (χ1v) is 8.11. The molecule has 6 heteroatoms. The van der Waals surface area contributed by atoms with Gasteiger partial charge in [-0.15, -0.1) is 0 Å². The molecule has 1 rings (SSSR count). The molecule has 0 aromatic carbocycles. The molecule has 0 aliphatic heterocycles. The van der Waals surface area contributed by atoms with E-state index in [-0.39, 0.29) is 11.7 Å². The molecule has 1 fully saturated rings. The van der Waals surface area contributed by atoms with E-state index in [4.69, 9.17) is 5.11 Å². The Morgan fingerprint density at radius 3 is 1.96 bits per heavy atom. The zero-order valence-electron chi connectivity index (χ0n) is 14.7. The first kappa shape index (κ1) is 22.3. The maximum Gasteiger partial charge on any atom is 0.416 e. The molecular weight excluding hydrogens is 321 g/mol. The highest BCUT2D eigenvalue weighted by atomic mass is 19.4. The van der Waals surface area contributed by atoms with Gasteiger partial charge in [-0.1, -0.05) is 26.3 Å². The molecule has 0 aromatic rings. The standard InChI is InChI=1S/C15H19F3O3.C3H8/c1-3-13(15(16,17)18)8-12(6-9(2)19)10-4-5-11(7-10)14(20)21;1-3-2/h3,6,8,10-11,19H,4-5,7H2,1-2H3,(H,20,21);3H2,1-2H3/b9-6+,12-8+,13-3?;/t10-,11-;/m1./s1. The number of carbonyl (C=O) groups is 1. The summed E-state index contributed by atoms with van der Waals surface area (Å²) in [6.45, 7) is 6.92. The van der Waals surface area contributed by atoms with Crippen molar-refractivity contribution >= 4 is 5.97 Å². The van der Waals surface area contributed by atoms with Crippen LogP contribution in [0.15, 0.2) is 35.1 Å². The number of carboxylic acid groups (broad SMARTS) is 1. The lowest BCUT2D eigenvalue weighted by atomic mass is 9.93. The SMILES string of the molecule is CC=C(/C=C(\C=C(/C)O)[C@@H]1CC[C@@H](C(=O)O)C1)C(F)(F)F.CCC. The van der Waals surface area contributed by atoms with Gasteiger partial charge in [-0.25, -0.2) is 0 Å². The summed E-state index contributed by atoms with van der Waals surface area (Å²) in [5.41, 5.74) is -0.474. The van der Waals surface area contributed by atoms with E-state index in [9.17, 15) is 23.1 Å². The molecule has 0 radical (unpaired) electrons. The van der Waals surface area contributed by atoms with Crippen molar-refractivity contribution in [1.82, 2.24) is 0 Å². The normalized spacial score (nSPS) is 22.9. The fraction of sp³-hybridized carbons (Fsp3) is 0.611. The first-order valence-electron chi connectivity index (χ1n) is 8.11. The van der Waals surface area contributed by atoms with Crippen LogP contribution >= 0.6 is 0 Å². The molecule has 0 heterocycles. The Bertz CT molecular complexity index is 498. The Hall–Kier alpha value is -1.72. The van der Waals surface area contributed by atoms with Gasteiger partial charge in [0, 0.05) is 0 Å². The van der Waals surface area contributed by atoms with Crippen LogP contribution in [0.2, 0.25) is 0 Å². The van der Waals surface area contributed by atoms with E-state index in [0.717, 1.165) is 12.2 Å². The van der Waals surface area contributed by atoms with Crippen LogP contribution in [0, 0.1) is 11.8 Å². The van der Waals surface area contributed by atoms with Crippen molar-refractivity contribution in [1.29, 1.82) is 0 Å². The third-order valence-electron chi connectivity index (χ3n) is 3.59. The minimum absolute atomic E-state index is 0.0994. The Morgan fingerprint density at radius 2 is 1.62 bits per heavy atom. The van der Waals surface area contributed by atoms with Gasteiger partial charge >= 0.3 is 12.1 Å². The van der Waals surface area contributed by atoms with Gasteiger partial charge in [-0.05, 0) is 56.8 Å². The summed E-state index contributed by atoms with van der Waals surface area (Å²) < 4.78 is 38.5. The number of hydrogen-bond donors (Lipinski definition) is 2. The van der Waals surface area contributed by atoms with Gasteiger partial charge in [0.2, 0.25) is 0 Å². The van der Waals surface area contributed by atoms with E-state index in [2.05, 4.69) is 13.8 Å². The topological polar surface area (TPSA) is 57.5 Å². The van der Waals surface area contributed by atoms with Crippen molar-refractivity contribution in [3.8, 4) is 0 Å². The number of halogens is 3. The highest BCUT2D eigenvalue weighted by molar-refractivity contribution is 5.70. The predicted molar refractivity (Wildman–Crippen MR) is 88.7 cm³/mol. The van der Waals surface area contributed by atoms with E-state index in [1.54, 1.807) is 0 Å². The lowest BCUT2D eigenvalue weighted by molar-refractivity contribution is -0.141. The van der Waals surface area contributed by atoms with Gasteiger partial charge in [0.25, 0.3) is 0 Å². The van der Waals surface area contributed by atoms with Gasteiger partial charge in [0.15, 0.2) is 0 Å². The zero-order chi connectivity index (χ0) is 18.9. The summed E-state index contributed by atoms with van der Waals surface area (Å²) in [4.78, 5) is 11.0. The molecule has 1 aliphatic carbocycles. The molecular formula is C18H27F3O3. The Labute approximate surface area is 141 Å². The number of aliphatic carboxylic acids is 1. The third kappa shape index (κ3) is 7.70. The minimum Gasteiger partial charge on any atom is -0.513 e. The molecule has 2 atom stereocenters. The maximum atomic E-state index is 12.8. The number of hydrogen-bond acceptors (Lipinski definition) is 2. The van der Waals surface area contributed by atoms with Crippen LogP contribution in [0.5, 0.6) is 0 Å². The molecule has 0 spiro atoms. The average Bonchev–Trinajstić information content (AvgIpc) is 2.92. The zero-order valence-corrected chi connectivity index (χ0v) is 14.7. The number of aliphatic hydroxyl groups is 1. The van der Waals surface area contributed by atoms with Crippen LogP contribution in [0.3, 0.4) is 0 Å². The van der Waals surface area contributed by atoms with E-state index in [1.165, 1.54) is 26.3 Å². The van der Waals surface area contributed by atoms with Crippen LogP contribution in [0.4, 0.5) is 13.2 Å². The summed E-state index contributed by atoms with van der Waals surface area (Å²) >= 11 is 0. The van der Waals surface area contributed by atoms with Crippen LogP contribution in [0.1, 0.15) is 53.4 Å². The van der Waals surface area contributed by atoms with Crippen LogP contribution in [0.25, 0.3) is 0 Å². The van der Waals surface area contributed by atoms with Crippen molar-refractivity contribution in [2.24, 2.45) is 11.8 Å². The van der Waals surface area contributed by atoms with Crippen molar-refractivity contribution in [2.75, 3.05) is 0 Å². The number of rotatable bonds is 4. The second-order valence-corrected chi connectivity index (χ2v) is 5.92. The van der Waals surface area contributed by atoms with Crippen LogP contribution in [-0.2, 0) is 4.79 Å². The molecule has 3 nitrogen and oxygen atoms in total. The summed E-state index contributed by atoms with van der Waals surface area (Å²) in [6, 6.07) is 0. The molecule has 0 amide bonds. The molecule has 0 saturated heterocycles. The van der Waals surface area contributed by atoms with Crippen LogP contribution < -0.4 is 0 Å². The summed E-state index contributed by atoms with van der Waals surface area (Å²) in [5, 5.41) is 18.3. The number of aliphatic hydroxyl groups excluding tert-OH is 1. The Kier molecular flexibility index (Phi) is 9.48. The lowest BCUT2D eigenvalue weighted by Gasteiger charge is -2.14. The van der Waals surface area contributed by atoms with Crippen molar-refractivity contribution < 1.29 is 28.2 Å². The largest absolute Gasteiger partial charge is 0.513 e. The fourth-order valence-electron chi connectivity index (χ4n) is 2.54. The monoisotopic (exact) mass is 348 g/mol. The van der Waals surface area contributed by atoms with Crippen molar-refractivity contribution in [3.63, 3.8) is 0 Å². The molecule has 2 N–H and O–H groups in total. The molecule has 0 bridgehead atoms. The van der Waals surface area contributed by atoms with Gasteiger partial charge in [-0.3, -0.25) is 4.79 Å². The highest BCUT2D eigenvalue weighted by Gasteiger charge is 2.34. The van der Waals surface area contributed by atoms with Gasteiger partial charge in [-0.2, -0.15) is 13.2 Å². The van der Waals surface area contributed by atoms with Crippen molar-refractivity contribution in [2.45, 2.75) is 59.6 Å². The van der Waals surface area contributed by atoms with E-state index < -0.39 is 23.6 Å². The van der Waals surface area contributed by atoms with E-state index in [1.807, 2.05) is 0 Å². The summed E-state index contributed by atoms with van der Waals surface area (Å²) in [6.07, 6.45) is 1.25. The molecule has 0 unspecified atom stereocenters. The fourth-order valence-corrected chi connectivity index (χ4v) is 2.54. The molecule has 1 aliphatic rings. The van der Waals surface area contributed by atoms with Gasteiger partial charge in [0.05, 0.1) is 17.3 Å². The second-order valence-electron chi connectivity index (χ2n) is 5.92. The predicted octanol–water partition coefficient (Wildman–Crippen LogP) is 5.80.